The summed E-state index contributed by atoms with van der Waals surface area (Å²) in [6, 6.07) is 6.65. The van der Waals surface area contributed by atoms with Crippen molar-refractivity contribution in [1.82, 2.24) is 0 Å². The Morgan fingerprint density at radius 2 is 2.10 bits per heavy atom. The summed E-state index contributed by atoms with van der Waals surface area (Å²) in [6.07, 6.45) is 1.77. The Morgan fingerprint density at radius 1 is 1.40 bits per heavy atom. The zero-order valence-electron chi connectivity index (χ0n) is 11.2. The minimum absolute atomic E-state index is 0.135. The number of esters is 1. The van der Waals surface area contributed by atoms with Crippen molar-refractivity contribution >= 4 is 27.8 Å². The van der Waals surface area contributed by atoms with Crippen molar-refractivity contribution in [2.45, 2.75) is 11.8 Å². The van der Waals surface area contributed by atoms with Gasteiger partial charge in [-0.05, 0) is 11.8 Å². The summed E-state index contributed by atoms with van der Waals surface area (Å²) in [5.41, 5.74) is -0.314. The van der Waals surface area contributed by atoms with Crippen LogP contribution in [0.25, 0.3) is 11.0 Å². The van der Waals surface area contributed by atoms with Crippen LogP contribution in [0.15, 0.2) is 38.4 Å². The third-order valence-corrected chi connectivity index (χ3v) is 4.60. The molecule has 2 rings (SSSR count). The van der Waals surface area contributed by atoms with Gasteiger partial charge in [0.25, 0.3) is 0 Å². The third kappa shape index (κ3) is 2.96. The lowest BCUT2D eigenvalue weighted by atomic mass is 10.2. The van der Waals surface area contributed by atoms with Crippen LogP contribution >= 0.6 is 0 Å². The van der Waals surface area contributed by atoms with Crippen molar-refractivity contribution in [3.05, 3.63) is 34.7 Å². The number of hydrogen-bond donors (Lipinski definition) is 0. The number of carbonyl (C=O) groups is 1. The van der Waals surface area contributed by atoms with Crippen molar-refractivity contribution < 1.29 is 19.1 Å². The van der Waals surface area contributed by atoms with Crippen LogP contribution in [0.3, 0.4) is 0 Å². The van der Waals surface area contributed by atoms with Crippen molar-refractivity contribution in [3.63, 3.8) is 0 Å². The highest BCUT2D eigenvalue weighted by Crippen LogP contribution is 2.27. The molecule has 0 fully saturated rings. The van der Waals surface area contributed by atoms with Crippen LogP contribution in [0, 0.1) is 0 Å². The van der Waals surface area contributed by atoms with Crippen LogP contribution < -0.4 is 10.7 Å². The van der Waals surface area contributed by atoms with Crippen LogP contribution in [0.2, 0.25) is 0 Å². The van der Waals surface area contributed by atoms with Crippen molar-refractivity contribution in [2.24, 2.45) is 0 Å². The minimum Gasteiger partial charge on any atom is -0.868 e. The average Bonchev–Trinajstić information content (AvgIpc) is 2.38. The molecule has 0 amide bonds. The van der Waals surface area contributed by atoms with Crippen molar-refractivity contribution in [1.29, 1.82) is 0 Å². The Labute approximate surface area is 118 Å². The van der Waals surface area contributed by atoms with Gasteiger partial charge in [0.05, 0.1) is 0 Å². The maximum Gasteiger partial charge on any atom is 0.391 e. The first kappa shape index (κ1) is 14.5. The lowest BCUT2D eigenvalue weighted by Gasteiger charge is -2.13. The van der Waals surface area contributed by atoms with Gasteiger partial charge >= 0.3 is 11.6 Å². The Hall–Kier alpha value is -1.95. The first-order valence-electron chi connectivity index (χ1n) is 5.99. The van der Waals surface area contributed by atoms with Gasteiger partial charge in [-0.2, -0.15) is 0 Å². The smallest absolute Gasteiger partial charge is 0.391 e. The third-order valence-electron chi connectivity index (χ3n) is 2.77. The summed E-state index contributed by atoms with van der Waals surface area (Å²) in [5, 5.41) is 12.7. The number of hydrogen-bond acceptors (Lipinski definition) is 5. The fourth-order valence-corrected chi connectivity index (χ4v) is 3.11. The molecular formula is C14H14O5S. The predicted octanol–water partition coefficient (Wildman–Crippen LogP) is 1.04. The van der Waals surface area contributed by atoms with Gasteiger partial charge in [0, 0.05) is 23.2 Å². The molecule has 5 nitrogen and oxygen atoms in total. The average molecular weight is 294 g/mol. The fourth-order valence-electron chi connectivity index (χ4n) is 1.82. The zero-order valence-corrected chi connectivity index (χ0v) is 12.0. The molecule has 0 saturated heterocycles. The molecule has 1 aromatic carbocycles. The van der Waals surface area contributed by atoms with E-state index in [0.29, 0.717) is 16.7 Å². The molecule has 0 aliphatic heterocycles. The molecule has 0 bridgehead atoms. The standard InChI is InChI=1S/C14H14O5S/c1-9(15)18-7-8-20(2)13-12(16)10-5-3-4-6-11(10)19-14(13)17/h3-6H,7-8H2,1-2H3. The summed E-state index contributed by atoms with van der Waals surface area (Å²) in [6.45, 7) is 1.50. The summed E-state index contributed by atoms with van der Waals surface area (Å²) in [4.78, 5) is 22.8. The fraction of sp³-hybridized carbons (Fsp3) is 0.286. The number of benzene rings is 1. The van der Waals surface area contributed by atoms with Gasteiger partial charge in [0.1, 0.15) is 24.2 Å². The van der Waals surface area contributed by atoms with Crippen LogP contribution in [0.4, 0.5) is 0 Å². The Morgan fingerprint density at radius 3 is 2.80 bits per heavy atom. The lowest BCUT2D eigenvalue weighted by Crippen LogP contribution is -2.22. The largest absolute Gasteiger partial charge is 0.868 e. The first-order valence-corrected chi connectivity index (χ1v) is 7.79. The topological polar surface area (TPSA) is 79.6 Å². The molecule has 0 N–H and O–H groups in total. The van der Waals surface area contributed by atoms with E-state index in [2.05, 4.69) is 0 Å². The van der Waals surface area contributed by atoms with Crippen molar-refractivity contribution in [3.8, 4) is 5.75 Å². The highest BCUT2D eigenvalue weighted by atomic mass is 32.2. The van der Waals surface area contributed by atoms with Gasteiger partial charge in [0.15, 0.2) is 0 Å². The molecule has 1 heterocycles. The molecular weight excluding hydrogens is 280 g/mol. The molecule has 0 aliphatic rings. The first-order chi connectivity index (χ1) is 9.50. The van der Waals surface area contributed by atoms with E-state index in [-0.39, 0.29) is 23.2 Å². The lowest BCUT2D eigenvalue weighted by molar-refractivity contribution is -0.270. The monoisotopic (exact) mass is 294 g/mol. The van der Waals surface area contributed by atoms with E-state index >= 15 is 0 Å². The zero-order chi connectivity index (χ0) is 14.7. The van der Waals surface area contributed by atoms with Gasteiger partial charge in [-0.15, -0.1) is 0 Å². The van der Waals surface area contributed by atoms with E-state index in [4.69, 9.17) is 9.15 Å². The normalized spacial score (nSPS) is 12.3. The van der Waals surface area contributed by atoms with E-state index in [9.17, 15) is 14.7 Å². The number of fused-ring (bicyclic) bond motifs is 1. The maximum atomic E-state index is 12.3. The van der Waals surface area contributed by atoms with Crippen molar-refractivity contribution in [2.75, 3.05) is 18.6 Å². The van der Waals surface area contributed by atoms with Crippen LogP contribution in [0.1, 0.15) is 6.92 Å². The SMILES string of the molecule is CC(=O)OCC[S+](C)c1c([O-])c2ccccc2oc1=O. The molecule has 2 aromatic rings. The highest BCUT2D eigenvalue weighted by Gasteiger charge is 2.24. The summed E-state index contributed by atoms with van der Waals surface area (Å²) >= 11 is 0. The maximum absolute atomic E-state index is 12.3. The highest BCUT2D eigenvalue weighted by molar-refractivity contribution is 7.96. The Balaban J connectivity index is 2.33. The molecule has 106 valence electrons. The molecule has 0 radical (unpaired) electrons. The summed E-state index contributed by atoms with van der Waals surface area (Å²) < 4.78 is 10.0. The number of carbonyl (C=O) groups excluding carboxylic acids is 1. The molecule has 6 heteroatoms. The van der Waals surface area contributed by atoms with E-state index in [1.807, 2.05) is 0 Å². The quantitative estimate of drug-likeness (QED) is 0.478. The molecule has 1 unspecified atom stereocenters. The Kier molecular flexibility index (Phi) is 4.34. The second-order valence-electron chi connectivity index (χ2n) is 4.23. The number of ether oxygens (including phenoxy) is 1. The summed E-state index contributed by atoms with van der Waals surface area (Å²) in [5.74, 6) is -0.252. The second-order valence-corrected chi connectivity index (χ2v) is 6.32. The van der Waals surface area contributed by atoms with Crippen LogP contribution in [0.5, 0.6) is 5.75 Å². The molecule has 20 heavy (non-hydrogen) atoms. The number of rotatable bonds is 4. The second kappa shape index (κ2) is 6.00. The summed E-state index contributed by atoms with van der Waals surface area (Å²) in [7, 11) is -0.625. The molecule has 0 aliphatic carbocycles. The van der Waals surface area contributed by atoms with E-state index in [1.54, 1.807) is 30.5 Å². The van der Waals surface area contributed by atoms with Crippen LogP contribution in [-0.2, 0) is 20.4 Å². The van der Waals surface area contributed by atoms with Gasteiger partial charge in [0.2, 0.25) is 4.90 Å². The Bertz CT molecular complexity index is 692. The predicted molar refractivity (Wildman–Crippen MR) is 75.0 cm³/mol. The van der Waals surface area contributed by atoms with E-state index < -0.39 is 16.5 Å². The molecule has 0 spiro atoms. The molecule has 0 saturated carbocycles. The molecule has 1 atom stereocenters. The van der Waals surface area contributed by atoms with Crippen LogP contribution in [-0.4, -0.2) is 24.6 Å². The van der Waals surface area contributed by atoms with Gasteiger partial charge < -0.3 is 14.3 Å². The molecule has 1 aromatic heterocycles. The van der Waals surface area contributed by atoms with Gasteiger partial charge in [-0.25, -0.2) is 4.79 Å². The minimum atomic E-state index is -0.625. The number of para-hydroxylation sites is 1. The van der Waals surface area contributed by atoms with E-state index in [0.717, 1.165) is 0 Å². The van der Waals surface area contributed by atoms with Gasteiger partial charge in [-0.3, -0.25) is 4.79 Å². The van der Waals surface area contributed by atoms with Gasteiger partial charge in [-0.1, -0.05) is 18.2 Å². The van der Waals surface area contributed by atoms with E-state index in [1.165, 1.54) is 6.92 Å².